The molecule has 0 aromatic rings. The SMILES string of the molecule is CC1(NC(=O)C(C)(C)C)CCC(CC(C)(C)C(=O)N2CCCCCCC2)C1. The number of carbonyl (C=O) groups excluding carboxylic acids is 2. The average Bonchev–Trinajstić information content (AvgIpc) is 2.85. The molecule has 0 spiro atoms. The van der Waals surface area contributed by atoms with Crippen LogP contribution < -0.4 is 5.32 Å². The van der Waals surface area contributed by atoms with Gasteiger partial charge in [0.25, 0.3) is 0 Å². The van der Waals surface area contributed by atoms with Crippen LogP contribution in [0.3, 0.4) is 0 Å². The standard InChI is InChI=1S/C23H42N2O2/c1-21(2,3)19(26)24-23(6)13-12-18(17-23)16-22(4,5)20(27)25-14-10-8-7-9-11-15-25/h18H,7-17H2,1-6H3,(H,24,26). The predicted molar refractivity (Wildman–Crippen MR) is 111 cm³/mol. The second kappa shape index (κ2) is 8.53. The van der Waals surface area contributed by atoms with E-state index in [1.807, 2.05) is 20.8 Å². The van der Waals surface area contributed by atoms with Gasteiger partial charge in [0.15, 0.2) is 0 Å². The van der Waals surface area contributed by atoms with Gasteiger partial charge in [0, 0.05) is 29.5 Å². The quantitative estimate of drug-likeness (QED) is 0.755. The van der Waals surface area contributed by atoms with Gasteiger partial charge >= 0.3 is 0 Å². The van der Waals surface area contributed by atoms with E-state index in [0.717, 1.165) is 51.6 Å². The summed E-state index contributed by atoms with van der Waals surface area (Å²) in [6, 6.07) is 0. The summed E-state index contributed by atoms with van der Waals surface area (Å²) in [6.07, 6.45) is 10.1. The summed E-state index contributed by atoms with van der Waals surface area (Å²) in [5, 5.41) is 3.28. The maximum atomic E-state index is 13.2. The van der Waals surface area contributed by atoms with Gasteiger partial charge in [-0.05, 0) is 51.4 Å². The number of amides is 2. The normalized spacial score (nSPS) is 27.8. The second-order valence-electron chi connectivity index (χ2n) is 11.0. The van der Waals surface area contributed by atoms with Crippen LogP contribution in [0.25, 0.3) is 0 Å². The molecule has 0 radical (unpaired) electrons. The lowest BCUT2D eigenvalue weighted by Crippen LogP contribution is -2.48. The van der Waals surface area contributed by atoms with Gasteiger partial charge in [-0.2, -0.15) is 0 Å². The summed E-state index contributed by atoms with van der Waals surface area (Å²) in [7, 11) is 0. The van der Waals surface area contributed by atoms with Crippen LogP contribution in [0, 0.1) is 16.7 Å². The second-order valence-corrected chi connectivity index (χ2v) is 11.0. The molecule has 1 aliphatic heterocycles. The summed E-state index contributed by atoms with van der Waals surface area (Å²) in [5.74, 6) is 0.960. The highest BCUT2D eigenvalue weighted by atomic mass is 16.2. The molecule has 1 saturated carbocycles. The third-order valence-corrected chi connectivity index (χ3v) is 6.46. The summed E-state index contributed by atoms with van der Waals surface area (Å²) in [5.41, 5.74) is -0.806. The summed E-state index contributed by atoms with van der Waals surface area (Å²) >= 11 is 0. The molecule has 0 aromatic heterocycles. The Labute approximate surface area is 166 Å². The van der Waals surface area contributed by atoms with Gasteiger partial charge in [-0.15, -0.1) is 0 Å². The molecule has 2 amide bonds. The van der Waals surface area contributed by atoms with Gasteiger partial charge in [0.1, 0.15) is 0 Å². The monoisotopic (exact) mass is 378 g/mol. The molecule has 2 fully saturated rings. The third kappa shape index (κ3) is 6.22. The minimum Gasteiger partial charge on any atom is -0.350 e. The van der Waals surface area contributed by atoms with Gasteiger partial charge in [-0.3, -0.25) is 9.59 Å². The predicted octanol–water partition coefficient (Wildman–Crippen LogP) is 4.92. The molecule has 2 atom stereocenters. The maximum Gasteiger partial charge on any atom is 0.228 e. The lowest BCUT2D eigenvalue weighted by molar-refractivity contribution is -0.141. The van der Waals surface area contributed by atoms with Crippen molar-refractivity contribution in [1.82, 2.24) is 10.2 Å². The Morgan fingerprint density at radius 3 is 2.11 bits per heavy atom. The lowest BCUT2D eigenvalue weighted by Gasteiger charge is -2.35. The van der Waals surface area contributed by atoms with E-state index in [1.165, 1.54) is 19.3 Å². The van der Waals surface area contributed by atoms with E-state index < -0.39 is 0 Å². The highest BCUT2D eigenvalue weighted by Crippen LogP contribution is 2.42. The van der Waals surface area contributed by atoms with Crippen LogP contribution in [0.2, 0.25) is 0 Å². The summed E-state index contributed by atoms with van der Waals surface area (Å²) < 4.78 is 0. The van der Waals surface area contributed by atoms with E-state index in [-0.39, 0.29) is 22.3 Å². The fourth-order valence-corrected chi connectivity index (χ4v) is 4.80. The molecule has 2 rings (SSSR count). The fourth-order valence-electron chi connectivity index (χ4n) is 4.80. The van der Waals surface area contributed by atoms with Crippen LogP contribution in [0.5, 0.6) is 0 Å². The van der Waals surface area contributed by atoms with Crippen molar-refractivity contribution >= 4 is 11.8 Å². The molecule has 1 saturated heterocycles. The largest absolute Gasteiger partial charge is 0.350 e. The van der Waals surface area contributed by atoms with Crippen LogP contribution in [-0.2, 0) is 9.59 Å². The molecule has 156 valence electrons. The number of rotatable bonds is 4. The number of carbonyl (C=O) groups is 2. The molecule has 1 N–H and O–H groups in total. The number of hydrogen-bond donors (Lipinski definition) is 1. The summed E-state index contributed by atoms with van der Waals surface area (Å²) in [4.78, 5) is 27.7. The molecule has 0 bridgehead atoms. The van der Waals surface area contributed by atoms with Crippen molar-refractivity contribution in [3.8, 4) is 0 Å². The molecule has 4 heteroatoms. The zero-order valence-electron chi connectivity index (χ0n) is 18.6. The molecule has 27 heavy (non-hydrogen) atoms. The van der Waals surface area contributed by atoms with Crippen LogP contribution >= 0.6 is 0 Å². The molecule has 0 aromatic carbocycles. The van der Waals surface area contributed by atoms with Crippen molar-refractivity contribution in [2.75, 3.05) is 13.1 Å². The molecule has 2 unspecified atom stereocenters. The van der Waals surface area contributed by atoms with Gasteiger partial charge < -0.3 is 10.2 Å². The zero-order chi connectivity index (χ0) is 20.3. The topological polar surface area (TPSA) is 49.4 Å². The first-order valence-electron chi connectivity index (χ1n) is 11.0. The Kier molecular flexibility index (Phi) is 7.02. The minimum absolute atomic E-state index is 0.126. The highest BCUT2D eigenvalue weighted by molar-refractivity contribution is 5.82. The molecular formula is C23H42N2O2. The number of nitrogens with one attached hydrogen (secondary N) is 1. The van der Waals surface area contributed by atoms with E-state index >= 15 is 0 Å². The van der Waals surface area contributed by atoms with Crippen molar-refractivity contribution < 1.29 is 9.59 Å². The molecule has 4 nitrogen and oxygen atoms in total. The maximum absolute atomic E-state index is 13.2. The summed E-state index contributed by atoms with van der Waals surface area (Å²) in [6.45, 7) is 14.1. The first-order valence-corrected chi connectivity index (χ1v) is 11.0. The van der Waals surface area contributed by atoms with Crippen molar-refractivity contribution in [1.29, 1.82) is 0 Å². The molecular weight excluding hydrogens is 336 g/mol. The van der Waals surface area contributed by atoms with Crippen molar-refractivity contribution in [3.05, 3.63) is 0 Å². The fraction of sp³-hybridized carbons (Fsp3) is 0.913. The van der Waals surface area contributed by atoms with Crippen molar-refractivity contribution in [2.45, 2.75) is 105 Å². The minimum atomic E-state index is -0.359. The number of nitrogens with zero attached hydrogens (tertiary/aromatic N) is 1. The Balaban J connectivity index is 1.93. The van der Waals surface area contributed by atoms with E-state index in [4.69, 9.17) is 0 Å². The van der Waals surface area contributed by atoms with Crippen LogP contribution in [-0.4, -0.2) is 35.3 Å². The Bertz CT molecular complexity index is 527. The van der Waals surface area contributed by atoms with E-state index in [9.17, 15) is 9.59 Å². The Morgan fingerprint density at radius 2 is 1.56 bits per heavy atom. The number of likely N-dealkylation sites (tertiary alicyclic amines) is 1. The van der Waals surface area contributed by atoms with E-state index in [1.54, 1.807) is 0 Å². The smallest absolute Gasteiger partial charge is 0.228 e. The van der Waals surface area contributed by atoms with Gasteiger partial charge in [0.05, 0.1) is 0 Å². The van der Waals surface area contributed by atoms with Crippen LogP contribution in [0.1, 0.15) is 99.3 Å². The molecule has 1 heterocycles. The zero-order valence-corrected chi connectivity index (χ0v) is 18.6. The first kappa shape index (κ1) is 22.2. The Morgan fingerprint density at radius 1 is 1.00 bits per heavy atom. The Hall–Kier alpha value is -1.06. The average molecular weight is 379 g/mol. The third-order valence-electron chi connectivity index (χ3n) is 6.46. The van der Waals surface area contributed by atoms with Gasteiger partial charge in [0.2, 0.25) is 11.8 Å². The van der Waals surface area contributed by atoms with Crippen molar-refractivity contribution in [2.24, 2.45) is 16.7 Å². The van der Waals surface area contributed by atoms with E-state index in [2.05, 4.69) is 31.0 Å². The van der Waals surface area contributed by atoms with Gasteiger partial charge in [-0.25, -0.2) is 0 Å². The van der Waals surface area contributed by atoms with E-state index in [0.29, 0.717) is 11.8 Å². The van der Waals surface area contributed by atoms with Crippen molar-refractivity contribution in [3.63, 3.8) is 0 Å². The molecule has 2 aliphatic rings. The van der Waals surface area contributed by atoms with Crippen LogP contribution in [0.15, 0.2) is 0 Å². The first-order chi connectivity index (χ1) is 12.4. The number of hydrogen-bond acceptors (Lipinski definition) is 2. The highest BCUT2D eigenvalue weighted by Gasteiger charge is 2.42. The van der Waals surface area contributed by atoms with Gasteiger partial charge in [-0.1, -0.05) is 53.9 Å². The van der Waals surface area contributed by atoms with Crippen LogP contribution in [0.4, 0.5) is 0 Å². The molecule has 1 aliphatic carbocycles. The lowest BCUT2D eigenvalue weighted by atomic mass is 9.79.